The molecule has 0 atom stereocenters. The van der Waals surface area contributed by atoms with Crippen LogP contribution in [-0.4, -0.2) is 65.2 Å². The van der Waals surface area contributed by atoms with Crippen molar-refractivity contribution in [1.29, 1.82) is 0 Å². The number of rotatable bonds is 9. The first-order valence-corrected chi connectivity index (χ1v) is 12.1. The number of halogens is 1. The minimum absolute atomic E-state index is 0.146. The lowest BCUT2D eigenvalue weighted by atomic mass is 10.3. The zero-order valence-electron chi connectivity index (χ0n) is 16.7. The van der Waals surface area contributed by atoms with E-state index in [9.17, 15) is 13.2 Å². The van der Waals surface area contributed by atoms with Crippen LogP contribution in [0.1, 0.15) is 6.42 Å². The topological polar surface area (TPSA) is 79.0 Å². The Morgan fingerprint density at radius 1 is 1.07 bits per heavy atom. The number of anilines is 1. The van der Waals surface area contributed by atoms with Gasteiger partial charge in [0.1, 0.15) is 6.54 Å². The van der Waals surface area contributed by atoms with Crippen molar-refractivity contribution >= 4 is 37.5 Å². The summed E-state index contributed by atoms with van der Waals surface area (Å²) in [5.74, 6) is -0.334. The number of benzene rings is 2. The molecule has 30 heavy (non-hydrogen) atoms. The number of carbonyl (C=O) groups is 1. The molecule has 0 spiro atoms. The van der Waals surface area contributed by atoms with Crippen LogP contribution in [-0.2, 0) is 19.6 Å². The van der Waals surface area contributed by atoms with Crippen LogP contribution in [0.4, 0.5) is 5.69 Å². The van der Waals surface area contributed by atoms with E-state index in [0.29, 0.717) is 12.2 Å². The van der Waals surface area contributed by atoms with Crippen LogP contribution in [0.3, 0.4) is 0 Å². The van der Waals surface area contributed by atoms with Crippen LogP contribution in [0.25, 0.3) is 0 Å². The van der Waals surface area contributed by atoms with Crippen LogP contribution in [0.5, 0.6) is 0 Å². The van der Waals surface area contributed by atoms with Gasteiger partial charge in [0.2, 0.25) is 5.91 Å². The lowest BCUT2D eigenvalue weighted by Gasteiger charge is -2.26. The number of sulfonamides is 1. The third-order valence-corrected chi connectivity index (χ3v) is 7.13. The summed E-state index contributed by atoms with van der Waals surface area (Å²) < 4.78 is 33.7. The van der Waals surface area contributed by atoms with Gasteiger partial charge < -0.3 is 10.1 Å². The number of carbonyl (C=O) groups excluding carboxylic acids is 1. The largest absolute Gasteiger partial charge is 0.379 e. The third-order valence-electron chi connectivity index (χ3n) is 4.81. The second kappa shape index (κ2) is 10.9. The van der Waals surface area contributed by atoms with Crippen LogP contribution in [0.2, 0.25) is 0 Å². The molecule has 1 amide bonds. The Balaban J connectivity index is 1.65. The van der Waals surface area contributed by atoms with E-state index >= 15 is 0 Å². The van der Waals surface area contributed by atoms with E-state index in [4.69, 9.17) is 4.74 Å². The molecule has 1 N–H and O–H groups in total. The highest BCUT2D eigenvalue weighted by Gasteiger charge is 2.27. The molecular formula is C21H26BrN3O4S. The predicted octanol–water partition coefficient (Wildman–Crippen LogP) is 2.48. The highest BCUT2D eigenvalue weighted by atomic mass is 79.9. The molecule has 2 aromatic rings. The second-order valence-corrected chi connectivity index (χ2v) is 9.74. The van der Waals surface area contributed by atoms with Gasteiger partial charge in [-0.3, -0.25) is 14.0 Å². The van der Waals surface area contributed by atoms with Crippen molar-refractivity contribution in [2.45, 2.75) is 11.3 Å². The van der Waals surface area contributed by atoms with Crippen molar-refractivity contribution in [3.05, 3.63) is 59.1 Å². The Hall–Kier alpha value is -1.94. The summed E-state index contributed by atoms with van der Waals surface area (Å²) in [5.41, 5.74) is 0.436. The molecule has 0 unspecified atom stereocenters. The molecule has 1 fully saturated rings. The molecule has 3 rings (SSSR count). The smallest absolute Gasteiger partial charge is 0.264 e. The summed E-state index contributed by atoms with van der Waals surface area (Å²) in [5, 5.41) is 2.85. The van der Waals surface area contributed by atoms with E-state index in [1.165, 1.54) is 12.1 Å². The molecule has 0 aliphatic carbocycles. The molecule has 1 aliphatic heterocycles. The van der Waals surface area contributed by atoms with Gasteiger partial charge in [0.15, 0.2) is 0 Å². The molecule has 0 saturated carbocycles. The van der Waals surface area contributed by atoms with Gasteiger partial charge in [-0.15, -0.1) is 0 Å². The Kier molecular flexibility index (Phi) is 8.26. The maximum atomic E-state index is 13.2. The van der Waals surface area contributed by atoms with Gasteiger partial charge >= 0.3 is 0 Å². The Bertz CT molecular complexity index is 917. The van der Waals surface area contributed by atoms with E-state index in [1.807, 2.05) is 0 Å². The zero-order valence-corrected chi connectivity index (χ0v) is 19.1. The van der Waals surface area contributed by atoms with Crippen LogP contribution < -0.4 is 9.62 Å². The Morgan fingerprint density at radius 2 is 1.73 bits per heavy atom. The summed E-state index contributed by atoms with van der Waals surface area (Å²) in [6, 6.07) is 15.0. The monoisotopic (exact) mass is 495 g/mol. The zero-order chi connectivity index (χ0) is 21.4. The number of amides is 1. The Labute approximate surface area is 186 Å². The lowest BCUT2D eigenvalue weighted by molar-refractivity contribution is -0.119. The molecule has 0 radical (unpaired) electrons. The van der Waals surface area contributed by atoms with Gasteiger partial charge in [-0.1, -0.05) is 34.1 Å². The van der Waals surface area contributed by atoms with Crippen molar-refractivity contribution in [2.75, 3.05) is 50.2 Å². The van der Waals surface area contributed by atoms with Crippen LogP contribution in [0, 0.1) is 0 Å². The van der Waals surface area contributed by atoms with Crippen LogP contribution >= 0.6 is 15.9 Å². The molecule has 7 nitrogen and oxygen atoms in total. The normalized spacial score (nSPS) is 15.0. The summed E-state index contributed by atoms with van der Waals surface area (Å²) in [6.45, 7) is 4.38. The summed E-state index contributed by atoms with van der Waals surface area (Å²) in [4.78, 5) is 15.0. The minimum Gasteiger partial charge on any atom is -0.379 e. The molecule has 0 bridgehead atoms. The lowest BCUT2D eigenvalue weighted by Crippen LogP contribution is -2.42. The van der Waals surface area contributed by atoms with E-state index in [-0.39, 0.29) is 17.3 Å². The Morgan fingerprint density at radius 3 is 2.40 bits per heavy atom. The first kappa shape index (κ1) is 22.7. The average molecular weight is 496 g/mol. The van der Waals surface area contributed by atoms with Crippen molar-refractivity contribution in [3.8, 4) is 0 Å². The highest BCUT2D eigenvalue weighted by molar-refractivity contribution is 9.10. The summed E-state index contributed by atoms with van der Waals surface area (Å²) in [7, 11) is -3.87. The van der Waals surface area contributed by atoms with E-state index in [2.05, 4.69) is 26.1 Å². The molecule has 2 aromatic carbocycles. The first-order chi connectivity index (χ1) is 14.5. The fourth-order valence-electron chi connectivity index (χ4n) is 3.18. The predicted molar refractivity (Wildman–Crippen MR) is 120 cm³/mol. The first-order valence-electron chi connectivity index (χ1n) is 9.87. The van der Waals surface area contributed by atoms with E-state index in [1.54, 1.807) is 42.5 Å². The fourth-order valence-corrected chi connectivity index (χ4v) is 4.89. The van der Waals surface area contributed by atoms with Gasteiger partial charge in [0.25, 0.3) is 10.0 Å². The molecule has 1 saturated heterocycles. The number of ether oxygens (including phenoxy) is 1. The SMILES string of the molecule is O=C(CN(c1ccc(Br)cc1)S(=O)(=O)c1ccccc1)NCCCN1CCOCC1. The summed E-state index contributed by atoms with van der Waals surface area (Å²) in [6.07, 6.45) is 0.801. The highest BCUT2D eigenvalue weighted by Crippen LogP contribution is 2.25. The second-order valence-electron chi connectivity index (χ2n) is 6.96. The van der Waals surface area contributed by atoms with E-state index in [0.717, 1.165) is 48.0 Å². The standard InChI is InChI=1S/C21H26BrN3O4S/c22-18-7-9-19(10-8-18)25(30(27,28)20-5-2-1-3-6-20)17-21(26)23-11-4-12-24-13-15-29-16-14-24/h1-3,5-10H,4,11-17H2,(H,23,26). The van der Waals surface area contributed by atoms with Crippen molar-refractivity contribution < 1.29 is 17.9 Å². The molecule has 0 aromatic heterocycles. The number of nitrogens with zero attached hydrogens (tertiary/aromatic N) is 2. The minimum atomic E-state index is -3.87. The molecule has 162 valence electrons. The maximum absolute atomic E-state index is 13.2. The maximum Gasteiger partial charge on any atom is 0.264 e. The fraction of sp³-hybridized carbons (Fsp3) is 0.381. The third kappa shape index (κ3) is 6.28. The van der Waals surface area contributed by atoms with Crippen molar-refractivity contribution in [2.24, 2.45) is 0 Å². The molecule has 1 aliphatic rings. The number of hydrogen-bond acceptors (Lipinski definition) is 5. The molecule has 1 heterocycles. The summed E-state index contributed by atoms with van der Waals surface area (Å²) >= 11 is 3.36. The van der Waals surface area contributed by atoms with Gasteiger partial charge in [0, 0.05) is 24.1 Å². The number of nitrogens with one attached hydrogen (secondary N) is 1. The van der Waals surface area contributed by atoms with E-state index < -0.39 is 10.0 Å². The van der Waals surface area contributed by atoms with Crippen molar-refractivity contribution in [3.63, 3.8) is 0 Å². The molecule has 9 heteroatoms. The van der Waals surface area contributed by atoms with Crippen molar-refractivity contribution in [1.82, 2.24) is 10.2 Å². The van der Waals surface area contributed by atoms with Gasteiger partial charge in [0.05, 0.1) is 23.8 Å². The number of morpholine rings is 1. The quantitative estimate of drug-likeness (QED) is 0.540. The van der Waals surface area contributed by atoms with Crippen LogP contribution in [0.15, 0.2) is 64.0 Å². The van der Waals surface area contributed by atoms with Gasteiger partial charge in [-0.25, -0.2) is 8.42 Å². The van der Waals surface area contributed by atoms with Gasteiger partial charge in [-0.2, -0.15) is 0 Å². The number of hydrogen-bond donors (Lipinski definition) is 1. The van der Waals surface area contributed by atoms with Gasteiger partial charge in [-0.05, 0) is 49.4 Å². The average Bonchev–Trinajstić information content (AvgIpc) is 2.77. The molecular weight excluding hydrogens is 470 g/mol.